The smallest absolute Gasteiger partial charge is 0.105 e. The van der Waals surface area contributed by atoms with E-state index in [2.05, 4.69) is 11.5 Å². The fourth-order valence-electron chi connectivity index (χ4n) is 0.445. The third-order valence-corrected chi connectivity index (χ3v) is 0.877. The number of hydrogen-bond donors (Lipinski definition) is 0. The van der Waals surface area contributed by atoms with Gasteiger partial charge in [0.1, 0.15) is 6.61 Å². The Morgan fingerprint density at radius 3 is 2.70 bits per heavy atom. The summed E-state index contributed by atoms with van der Waals surface area (Å²) in [6, 6.07) is 0. The standard InChI is InChI=1S/C8H15NO/c1-4-7-10-8-5-6-9(2)3/h4-5,8H,1,6-7H2,2-3H3/b8-5+. The van der Waals surface area contributed by atoms with Crippen LogP contribution in [0.3, 0.4) is 0 Å². The van der Waals surface area contributed by atoms with E-state index in [1.807, 2.05) is 20.2 Å². The Labute approximate surface area is 62.8 Å². The highest BCUT2D eigenvalue weighted by molar-refractivity contribution is 4.77. The van der Waals surface area contributed by atoms with Crippen molar-refractivity contribution in [2.45, 2.75) is 0 Å². The van der Waals surface area contributed by atoms with Gasteiger partial charge in [-0.1, -0.05) is 12.7 Å². The minimum atomic E-state index is 0.587. The Balaban J connectivity index is 3.11. The molecule has 0 aliphatic carbocycles. The van der Waals surface area contributed by atoms with Crippen molar-refractivity contribution in [2.75, 3.05) is 27.2 Å². The molecule has 0 amide bonds. The minimum absolute atomic E-state index is 0.587. The molecule has 58 valence electrons. The van der Waals surface area contributed by atoms with E-state index in [-0.39, 0.29) is 0 Å². The summed E-state index contributed by atoms with van der Waals surface area (Å²) in [5.74, 6) is 0. The van der Waals surface area contributed by atoms with Gasteiger partial charge in [0.05, 0.1) is 6.26 Å². The molecule has 0 rings (SSSR count). The van der Waals surface area contributed by atoms with Gasteiger partial charge in [-0.25, -0.2) is 0 Å². The van der Waals surface area contributed by atoms with Gasteiger partial charge in [0.15, 0.2) is 0 Å². The molecule has 0 fully saturated rings. The topological polar surface area (TPSA) is 12.5 Å². The number of ether oxygens (including phenoxy) is 1. The van der Waals surface area contributed by atoms with Gasteiger partial charge in [-0.15, -0.1) is 0 Å². The number of nitrogens with zero attached hydrogens (tertiary/aromatic N) is 1. The van der Waals surface area contributed by atoms with Crippen LogP contribution in [-0.4, -0.2) is 32.1 Å². The maximum atomic E-state index is 5.01. The maximum absolute atomic E-state index is 5.01. The van der Waals surface area contributed by atoms with Crippen LogP contribution in [-0.2, 0) is 4.74 Å². The minimum Gasteiger partial charge on any atom is -0.497 e. The highest BCUT2D eigenvalue weighted by Gasteiger charge is 1.80. The molecule has 0 unspecified atom stereocenters. The van der Waals surface area contributed by atoms with Crippen LogP contribution in [0.2, 0.25) is 0 Å². The lowest BCUT2D eigenvalue weighted by Gasteiger charge is -2.03. The zero-order chi connectivity index (χ0) is 7.82. The summed E-state index contributed by atoms with van der Waals surface area (Å²) in [5.41, 5.74) is 0. The summed E-state index contributed by atoms with van der Waals surface area (Å²) in [6.45, 7) is 5.03. The highest BCUT2D eigenvalue weighted by atomic mass is 16.5. The van der Waals surface area contributed by atoms with Crippen LogP contribution in [0.5, 0.6) is 0 Å². The summed E-state index contributed by atoms with van der Waals surface area (Å²) >= 11 is 0. The van der Waals surface area contributed by atoms with Crippen LogP contribution >= 0.6 is 0 Å². The molecule has 0 aromatic carbocycles. The second kappa shape index (κ2) is 6.36. The third kappa shape index (κ3) is 7.24. The van der Waals surface area contributed by atoms with Gasteiger partial charge in [0, 0.05) is 6.54 Å². The Kier molecular flexibility index (Phi) is 5.88. The molecule has 0 radical (unpaired) electrons. The summed E-state index contributed by atoms with van der Waals surface area (Å²) in [5, 5.41) is 0. The molecule has 0 aromatic heterocycles. The summed E-state index contributed by atoms with van der Waals surface area (Å²) in [4.78, 5) is 2.06. The van der Waals surface area contributed by atoms with Crippen molar-refractivity contribution < 1.29 is 4.74 Å². The van der Waals surface area contributed by atoms with Crippen LogP contribution in [0.1, 0.15) is 0 Å². The molecule has 2 heteroatoms. The zero-order valence-corrected chi connectivity index (χ0v) is 6.71. The summed E-state index contributed by atoms with van der Waals surface area (Å²) < 4.78 is 5.01. The second-order valence-electron chi connectivity index (χ2n) is 2.26. The highest BCUT2D eigenvalue weighted by Crippen LogP contribution is 1.80. The molecule has 0 saturated carbocycles. The maximum Gasteiger partial charge on any atom is 0.105 e. The normalized spacial score (nSPS) is 10.7. The molecule has 0 aliphatic rings. The largest absolute Gasteiger partial charge is 0.497 e. The first-order chi connectivity index (χ1) is 4.77. The second-order valence-corrected chi connectivity index (χ2v) is 2.26. The van der Waals surface area contributed by atoms with E-state index in [9.17, 15) is 0 Å². The van der Waals surface area contributed by atoms with E-state index < -0.39 is 0 Å². The monoisotopic (exact) mass is 141 g/mol. The number of rotatable bonds is 5. The Morgan fingerprint density at radius 2 is 2.20 bits per heavy atom. The average molecular weight is 141 g/mol. The summed E-state index contributed by atoms with van der Waals surface area (Å²) in [7, 11) is 4.02. The van der Waals surface area contributed by atoms with Gasteiger partial charge in [-0.3, -0.25) is 0 Å². The van der Waals surface area contributed by atoms with Gasteiger partial charge in [0.2, 0.25) is 0 Å². The van der Waals surface area contributed by atoms with Crippen LogP contribution < -0.4 is 0 Å². The van der Waals surface area contributed by atoms with E-state index >= 15 is 0 Å². The van der Waals surface area contributed by atoms with E-state index in [0.29, 0.717) is 6.61 Å². The molecule has 0 saturated heterocycles. The molecule has 0 N–H and O–H groups in total. The van der Waals surface area contributed by atoms with Gasteiger partial charge in [-0.05, 0) is 20.2 Å². The van der Waals surface area contributed by atoms with Gasteiger partial charge in [-0.2, -0.15) is 0 Å². The Morgan fingerprint density at radius 1 is 1.50 bits per heavy atom. The first-order valence-electron chi connectivity index (χ1n) is 3.29. The predicted octanol–water partition coefficient (Wildman–Crippen LogP) is 1.26. The lowest BCUT2D eigenvalue weighted by molar-refractivity contribution is 0.287. The quantitative estimate of drug-likeness (QED) is 0.325. The Bertz CT molecular complexity index is 108. The Hall–Kier alpha value is -0.760. The number of likely N-dealkylation sites (N-methyl/N-ethyl adjacent to an activating group) is 1. The molecule has 0 aromatic rings. The predicted molar refractivity (Wildman–Crippen MR) is 43.8 cm³/mol. The van der Waals surface area contributed by atoms with Crippen molar-refractivity contribution in [1.29, 1.82) is 0 Å². The first-order valence-corrected chi connectivity index (χ1v) is 3.29. The van der Waals surface area contributed by atoms with Crippen molar-refractivity contribution in [3.63, 3.8) is 0 Å². The van der Waals surface area contributed by atoms with Crippen LogP contribution in [0.15, 0.2) is 25.0 Å². The lowest BCUT2D eigenvalue weighted by Crippen LogP contribution is -2.10. The molecule has 0 bridgehead atoms. The molecule has 0 heterocycles. The zero-order valence-electron chi connectivity index (χ0n) is 6.71. The number of hydrogen-bond acceptors (Lipinski definition) is 2. The fraction of sp³-hybridized carbons (Fsp3) is 0.500. The van der Waals surface area contributed by atoms with Gasteiger partial charge >= 0.3 is 0 Å². The SMILES string of the molecule is C=CCO/C=C/CN(C)C. The fourth-order valence-corrected chi connectivity index (χ4v) is 0.445. The van der Waals surface area contributed by atoms with Crippen LogP contribution in [0.4, 0.5) is 0 Å². The molecular weight excluding hydrogens is 126 g/mol. The van der Waals surface area contributed by atoms with Crippen molar-refractivity contribution in [1.82, 2.24) is 4.90 Å². The first kappa shape index (κ1) is 9.24. The van der Waals surface area contributed by atoms with E-state index in [0.717, 1.165) is 6.54 Å². The molecular formula is C8H15NO. The van der Waals surface area contributed by atoms with Crippen molar-refractivity contribution in [2.24, 2.45) is 0 Å². The van der Waals surface area contributed by atoms with E-state index in [4.69, 9.17) is 4.74 Å². The molecule has 0 aliphatic heterocycles. The molecule has 0 spiro atoms. The van der Waals surface area contributed by atoms with Gasteiger partial charge in [0.25, 0.3) is 0 Å². The molecule has 2 nitrogen and oxygen atoms in total. The third-order valence-electron chi connectivity index (χ3n) is 0.877. The molecule has 10 heavy (non-hydrogen) atoms. The average Bonchev–Trinajstić information content (AvgIpc) is 1.87. The van der Waals surface area contributed by atoms with Crippen molar-refractivity contribution >= 4 is 0 Å². The van der Waals surface area contributed by atoms with Crippen molar-refractivity contribution in [3.8, 4) is 0 Å². The van der Waals surface area contributed by atoms with Crippen LogP contribution in [0.25, 0.3) is 0 Å². The van der Waals surface area contributed by atoms with Crippen LogP contribution in [0, 0.1) is 0 Å². The van der Waals surface area contributed by atoms with E-state index in [1.54, 1.807) is 12.3 Å². The van der Waals surface area contributed by atoms with Crippen molar-refractivity contribution in [3.05, 3.63) is 25.0 Å². The lowest BCUT2D eigenvalue weighted by atomic mass is 10.6. The molecule has 0 atom stereocenters. The summed E-state index contributed by atoms with van der Waals surface area (Å²) in [6.07, 6.45) is 5.38. The van der Waals surface area contributed by atoms with Gasteiger partial charge < -0.3 is 9.64 Å². The van der Waals surface area contributed by atoms with E-state index in [1.165, 1.54) is 0 Å².